The lowest BCUT2D eigenvalue weighted by atomic mass is 10.0. The van der Waals surface area contributed by atoms with Crippen molar-refractivity contribution in [1.29, 1.82) is 0 Å². The first-order valence-electron chi connectivity index (χ1n) is 11.4. The van der Waals surface area contributed by atoms with Crippen LogP contribution in [0.5, 0.6) is 11.5 Å². The molecule has 0 heterocycles. The van der Waals surface area contributed by atoms with Crippen molar-refractivity contribution in [2.45, 2.75) is 45.3 Å². The molecule has 0 aromatic heterocycles. The third-order valence-corrected chi connectivity index (χ3v) is 5.66. The van der Waals surface area contributed by atoms with Gasteiger partial charge < -0.3 is 14.2 Å². The van der Waals surface area contributed by atoms with Crippen molar-refractivity contribution < 1.29 is 14.2 Å². The Kier molecular flexibility index (Phi) is 8.94. The van der Waals surface area contributed by atoms with Gasteiger partial charge in [-0.3, -0.25) is 0 Å². The molecule has 1 atom stereocenters. The molecule has 3 nitrogen and oxygen atoms in total. The van der Waals surface area contributed by atoms with E-state index in [0.717, 1.165) is 41.9 Å². The van der Waals surface area contributed by atoms with Gasteiger partial charge in [0.2, 0.25) is 0 Å². The van der Waals surface area contributed by atoms with Gasteiger partial charge in [-0.2, -0.15) is 0 Å². The normalized spacial score (nSPS) is 16.2. The smallest absolute Gasteiger partial charge is 0.161 e. The summed E-state index contributed by atoms with van der Waals surface area (Å²) in [4.78, 5) is 0. The summed E-state index contributed by atoms with van der Waals surface area (Å²) in [7, 11) is 3.43. The number of methoxy groups -OCH3 is 2. The van der Waals surface area contributed by atoms with E-state index in [4.69, 9.17) is 14.2 Å². The van der Waals surface area contributed by atoms with E-state index in [9.17, 15) is 0 Å². The molecular formula is C29H34O3. The summed E-state index contributed by atoms with van der Waals surface area (Å²) in [6, 6.07) is 14.6. The second-order valence-electron chi connectivity index (χ2n) is 7.90. The number of hydrogen-bond donors (Lipinski definition) is 0. The van der Waals surface area contributed by atoms with E-state index in [1.165, 1.54) is 11.1 Å². The van der Waals surface area contributed by atoms with Crippen molar-refractivity contribution in [3.8, 4) is 11.5 Å². The summed E-state index contributed by atoms with van der Waals surface area (Å²) < 4.78 is 17.0. The summed E-state index contributed by atoms with van der Waals surface area (Å²) in [5, 5.41) is 0. The van der Waals surface area contributed by atoms with Gasteiger partial charge in [-0.15, -0.1) is 0 Å². The standard InChI is InChI=1S/C29H34O3/c1-5-26(6-2)32-28-19-18-25(21-29(28)31-4)17-15-23-12-10-22(11-13-23)14-16-24-8-7-9-27(20-24)30-3/h7-19,21,26-27H,5-6,20H2,1-4H3/b16-14+,17-15+. The number of allylic oxidation sites excluding steroid dienone is 3. The topological polar surface area (TPSA) is 27.7 Å². The maximum absolute atomic E-state index is 6.07. The minimum atomic E-state index is 0.172. The average molecular weight is 431 g/mol. The third-order valence-electron chi connectivity index (χ3n) is 5.66. The van der Waals surface area contributed by atoms with E-state index in [-0.39, 0.29) is 12.2 Å². The van der Waals surface area contributed by atoms with Crippen LogP contribution < -0.4 is 9.47 Å². The minimum absolute atomic E-state index is 0.172. The summed E-state index contributed by atoms with van der Waals surface area (Å²) >= 11 is 0. The number of rotatable bonds is 10. The first-order valence-corrected chi connectivity index (χ1v) is 11.4. The van der Waals surface area contributed by atoms with E-state index >= 15 is 0 Å². The fraction of sp³-hybridized carbons (Fsp3) is 0.310. The van der Waals surface area contributed by atoms with E-state index in [1.54, 1.807) is 14.2 Å². The molecule has 0 radical (unpaired) electrons. The zero-order valence-electron chi connectivity index (χ0n) is 19.6. The highest BCUT2D eigenvalue weighted by molar-refractivity contribution is 5.71. The first-order chi connectivity index (χ1) is 15.6. The molecule has 32 heavy (non-hydrogen) atoms. The minimum Gasteiger partial charge on any atom is -0.493 e. The van der Waals surface area contributed by atoms with Crippen molar-refractivity contribution >= 4 is 18.2 Å². The maximum Gasteiger partial charge on any atom is 0.161 e. The molecule has 0 saturated heterocycles. The van der Waals surface area contributed by atoms with Crippen LogP contribution in [0.15, 0.2) is 72.3 Å². The van der Waals surface area contributed by atoms with Crippen LogP contribution in [0.2, 0.25) is 0 Å². The lowest BCUT2D eigenvalue weighted by molar-refractivity contribution is 0.141. The van der Waals surface area contributed by atoms with E-state index in [2.05, 4.69) is 86.7 Å². The van der Waals surface area contributed by atoms with Crippen molar-refractivity contribution in [2.24, 2.45) is 0 Å². The Balaban J connectivity index is 1.63. The molecule has 0 fully saturated rings. The second kappa shape index (κ2) is 12.1. The fourth-order valence-electron chi connectivity index (χ4n) is 3.59. The molecule has 0 bridgehead atoms. The van der Waals surface area contributed by atoms with E-state index in [0.29, 0.717) is 0 Å². The molecule has 0 amide bonds. The fourth-order valence-corrected chi connectivity index (χ4v) is 3.59. The van der Waals surface area contributed by atoms with Gasteiger partial charge in [0.05, 0.1) is 19.3 Å². The second-order valence-corrected chi connectivity index (χ2v) is 7.90. The van der Waals surface area contributed by atoms with E-state index < -0.39 is 0 Å². The quantitative estimate of drug-likeness (QED) is 0.369. The Bertz CT molecular complexity index is 976. The maximum atomic E-state index is 6.07. The molecule has 0 N–H and O–H groups in total. The molecule has 1 unspecified atom stereocenters. The lowest BCUT2D eigenvalue weighted by Gasteiger charge is -2.18. The van der Waals surface area contributed by atoms with Crippen molar-refractivity contribution in [3.63, 3.8) is 0 Å². The van der Waals surface area contributed by atoms with Crippen LogP contribution in [0.25, 0.3) is 18.2 Å². The van der Waals surface area contributed by atoms with Crippen LogP contribution >= 0.6 is 0 Å². The van der Waals surface area contributed by atoms with Gasteiger partial charge in [0.1, 0.15) is 0 Å². The molecule has 1 aliphatic carbocycles. The summed E-state index contributed by atoms with van der Waals surface area (Å²) in [5.41, 5.74) is 4.68. The summed E-state index contributed by atoms with van der Waals surface area (Å²) in [6.07, 6.45) is 18.1. The van der Waals surface area contributed by atoms with E-state index in [1.807, 2.05) is 12.1 Å². The third kappa shape index (κ3) is 6.73. The van der Waals surface area contributed by atoms with Crippen LogP contribution in [0.4, 0.5) is 0 Å². The van der Waals surface area contributed by atoms with Crippen LogP contribution in [-0.4, -0.2) is 26.4 Å². The monoisotopic (exact) mass is 430 g/mol. The number of ether oxygens (including phenoxy) is 3. The molecule has 168 valence electrons. The summed E-state index contributed by atoms with van der Waals surface area (Å²) in [6.45, 7) is 4.28. The largest absolute Gasteiger partial charge is 0.493 e. The lowest BCUT2D eigenvalue weighted by Crippen LogP contribution is -2.14. The molecular weight excluding hydrogens is 396 g/mol. The highest BCUT2D eigenvalue weighted by Crippen LogP contribution is 2.30. The molecule has 2 aromatic rings. The van der Waals surface area contributed by atoms with Crippen LogP contribution in [-0.2, 0) is 4.74 Å². The predicted molar refractivity (Wildman–Crippen MR) is 135 cm³/mol. The molecule has 2 aromatic carbocycles. The zero-order valence-corrected chi connectivity index (χ0v) is 19.6. The Morgan fingerprint density at radius 2 is 1.47 bits per heavy atom. The highest BCUT2D eigenvalue weighted by Gasteiger charge is 2.10. The first kappa shape index (κ1) is 23.6. The summed E-state index contributed by atoms with van der Waals surface area (Å²) in [5.74, 6) is 1.57. The van der Waals surface area contributed by atoms with Gasteiger partial charge in [-0.25, -0.2) is 0 Å². The molecule has 1 aliphatic rings. The number of hydrogen-bond acceptors (Lipinski definition) is 3. The highest BCUT2D eigenvalue weighted by atomic mass is 16.5. The Hall–Kier alpha value is -3.04. The Labute approximate surface area is 192 Å². The molecule has 3 heteroatoms. The van der Waals surface area contributed by atoms with Gasteiger partial charge in [-0.05, 0) is 47.2 Å². The van der Waals surface area contributed by atoms with Gasteiger partial charge in [0.15, 0.2) is 11.5 Å². The SMILES string of the molecule is CCC(CC)Oc1ccc(/C=C/c2ccc(/C=C/C3=CC=CC(OC)C3)cc2)cc1OC. The Morgan fingerprint density at radius 1 is 0.844 bits per heavy atom. The zero-order chi connectivity index (χ0) is 22.8. The van der Waals surface area contributed by atoms with Gasteiger partial charge in [-0.1, -0.05) is 86.7 Å². The van der Waals surface area contributed by atoms with Crippen molar-refractivity contribution in [1.82, 2.24) is 0 Å². The molecule has 0 aliphatic heterocycles. The van der Waals surface area contributed by atoms with Gasteiger partial charge in [0.25, 0.3) is 0 Å². The molecule has 3 rings (SSSR count). The van der Waals surface area contributed by atoms with Crippen LogP contribution in [0, 0.1) is 0 Å². The van der Waals surface area contributed by atoms with Gasteiger partial charge in [0, 0.05) is 13.5 Å². The molecule has 0 spiro atoms. The van der Waals surface area contributed by atoms with Gasteiger partial charge >= 0.3 is 0 Å². The molecule has 0 saturated carbocycles. The number of benzene rings is 2. The van der Waals surface area contributed by atoms with Crippen LogP contribution in [0.3, 0.4) is 0 Å². The average Bonchev–Trinajstić information content (AvgIpc) is 2.85. The van der Waals surface area contributed by atoms with Crippen LogP contribution in [0.1, 0.15) is 49.8 Å². The van der Waals surface area contributed by atoms with Crippen molar-refractivity contribution in [3.05, 3.63) is 89.0 Å². The predicted octanol–water partition coefficient (Wildman–Crippen LogP) is 7.35. The Morgan fingerprint density at radius 3 is 2.09 bits per heavy atom. The van der Waals surface area contributed by atoms with Crippen molar-refractivity contribution in [2.75, 3.05) is 14.2 Å².